The molecule has 208 valence electrons. The van der Waals surface area contributed by atoms with Gasteiger partial charge in [0.15, 0.2) is 0 Å². The number of anilines is 2. The fraction of sp³-hybridized carbons (Fsp3) is 0.414. The third kappa shape index (κ3) is 6.37. The molecule has 1 N–H and O–H groups in total. The minimum atomic E-state index is -0.401. The number of aromatic nitrogens is 2. The third-order valence-corrected chi connectivity index (χ3v) is 7.17. The SMILES string of the molecule is CCO[C@H]1CN(C(=O)OCc2ccccc2)C[C@H]1Nc1c(CC)nc(-c2ccc(N(C)C)cc2Cl)c(=O)n1C. The van der Waals surface area contributed by atoms with Crippen LogP contribution in [-0.4, -0.2) is 66.5 Å². The number of nitrogens with one attached hydrogen (secondary N) is 1. The van der Waals surface area contributed by atoms with E-state index in [9.17, 15) is 9.59 Å². The molecule has 9 nitrogen and oxygen atoms in total. The lowest BCUT2D eigenvalue weighted by Gasteiger charge is -2.24. The summed E-state index contributed by atoms with van der Waals surface area (Å²) in [6, 6.07) is 14.9. The van der Waals surface area contributed by atoms with Gasteiger partial charge in [0, 0.05) is 45.5 Å². The second-order valence-corrected chi connectivity index (χ2v) is 10.1. The second-order valence-electron chi connectivity index (χ2n) is 9.72. The van der Waals surface area contributed by atoms with Crippen molar-refractivity contribution in [2.75, 3.05) is 44.0 Å². The molecule has 0 unspecified atom stereocenters. The number of halogens is 1. The van der Waals surface area contributed by atoms with Crippen molar-refractivity contribution in [3.8, 4) is 11.3 Å². The molecule has 2 aromatic carbocycles. The Morgan fingerprint density at radius 2 is 1.90 bits per heavy atom. The molecule has 10 heteroatoms. The van der Waals surface area contributed by atoms with Gasteiger partial charge in [-0.05, 0) is 37.1 Å². The second kappa shape index (κ2) is 12.5. The van der Waals surface area contributed by atoms with E-state index in [1.165, 1.54) is 0 Å². The van der Waals surface area contributed by atoms with Crippen LogP contribution < -0.4 is 15.8 Å². The summed E-state index contributed by atoms with van der Waals surface area (Å²) in [4.78, 5) is 34.7. The zero-order valence-corrected chi connectivity index (χ0v) is 23.9. The minimum Gasteiger partial charge on any atom is -0.445 e. The first-order valence-corrected chi connectivity index (χ1v) is 13.5. The standard InChI is InChI=1S/C29H36ClN5O4/c1-6-23-27(34(5)28(36)26(31-23)21-14-13-20(33(3)4)15-22(21)30)32-24-16-35(17-25(24)38-7-2)29(37)39-18-19-11-9-8-10-12-19/h8-15,24-25,32H,6-7,16-18H2,1-5H3/t24-,25+/m1/s1. The summed E-state index contributed by atoms with van der Waals surface area (Å²) in [5.74, 6) is 0.599. The van der Waals surface area contributed by atoms with Crippen LogP contribution in [0.15, 0.2) is 53.3 Å². The van der Waals surface area contributed by atoms with Crippen LogP contribution >= 0.6 is 11.6 Å². The van der Waals surface area contributed by atoms with Gasteiger partial charge < -0.3 is 24.6 Å². The molecule has 4 rings (SSSR count). The number of carbonyl (C=O) groups excluding carboxylic acids is 1. The van der Waals surface area contributed by atoms with E-state index in [0.717, 1.165) is 16.9 Å². The molecule has 2 heterocycles. The fourth-order valence-corrected chi connectivity index (χ4v) is 4.96. The van der Waals surface area contributed by atoms with Crippen LogP contribution in [-0.2, 0) is 29.5 Å². The van der Waals surface area contributed by atoms with Gasteiger partial charge in [0.25, 0.3) is 5.56 Å². The lowest BCUT2D eigenvalue weighted by molar-refractivity contribution is 0.0579. The fourth-order valence-electron chi connectivity index (χ4n) is 4.70. The average molecular weight is 554 g/mol. The predicted molar refractivity (Wildman–Crippen MR) is 155 cm³/mol. The number of hydrogen-bond donors (Lipinski definition) is 1. The van der Waals surface area contributed by atoms with E-state index in [-0.39, 0.29) is 24.3 Å². The van der Waals surface area contributed by atoms with Crippen LogP contribution in [0.3, 0.4) is 0 Å². The van der Waals surface area contributed by atoms with E-state index >= 15 is 0 Å². The molecule has 3 aromatic rings. The number of benzene rings is 2. The van der Waals surface area contributed by atoms with Crippen molar-refractivity contribution >= 4 is 29.2 Å². The van der Waals surface area contributed by atoms with Crippen LogP contribution in [0.25, 0.3) is 11.3 Å². The maximum Gasteiger partial charge on any atom is 0.410 e. The Morgan fingerprint density at radius 3 is 2.54 bits per heavy atom. The molecule has 0 bridgehead atoms. The number of likely N-dealkylation sites (tertiary alicyclic amines) is 1. The first-order valence-electron chi connectivity index (χ1n) is 13.1. The Hall–Kier alpha value is -3.56. The number of hydrogen-bond acceptors (Lipinski definition) is 7. The zero-order chi connectivity index (χ0) is 28.1. The Labute approximate surface area is 234 Å². The average Bonchev–Trinajstić information content (AvgIpc) is 3.33. The Kier molecular flexibility index (Phi) is 9.14. The van der Waals surface area contributed by atoms with E-state index in [0.29, 0.717) is 48.2 Å². The van der Waals surface area contributed by atoms with Crippen LogP contribution in [0.2, 0.25) is 5.02 Å². The minimum absolute atomic E-state index is 0.200. The molecule has 2 atom stereocenters. The molecular weight excluding hydrogens is 518 g/mol. The van der Waals surface area contributed by atoms with Gasteiger partial charge in [-0.15, -0.1) is 0 Å². The largest absolute Gasteiger partial charge is 0.445 e. The monoisotopic (exact) mass is 553 g/mol. The number of rotatable bonds is 9. The number of ether oxygens (including phenoxy) is 2. The Balaban J connectivity index is 1.57. The maximum absolute atomic E-state index is 13.5. The normalized spacial score (nSPS) is 16.8. The molecule has 0 radical (unpaired) electrons. The van der Waals surface area contributed by atoms with Gasteiger partial charge in [-0.3, -0.25) is 9.36 Å². The molecule has 1 saturated heterocycles. The van der Waals surface area contributed by atoms with Crippen molar-refractivity contribution in [1.82, 2.24) is 14.5 Å². The zero-order valence-electron chi connectivity index (χ0n) is 23.1. The molecular formula is C29H36ClN5O4. The van der Waals surface area contributed by atoms with Crippen molar-refractivity contribution in [3.05, 3.63) is 75.2 Å². The van der Waals surface area contributed by atoms with Crippen molar-refractivity contribution in [1.29, 1.82) is 0 Å². The van der Waals surface area contributed by atoms with Gasteiger partial charge in [-0.1, -0.05) is 48.9 Å². The van der Waals surface area contributed by atoms with E-state index in [2.05, 4.69) is 5.32 Å². The summed E-state index contributed by atoms with van der Waals surface area (Å²) in [7, 11) is 5.58. The molecule has 1 amide bonds. The van der Waals surface area contributed by atoms with Crippen LogP contribution in [0.5, 0.6) is 0 Å². The quantitative estimate of drug-likeness (QED) is 0.415. The highest BCUT2D eigenvalue weighted by atomic mass is 35.5. The van der Waals surface area contributed by atoms with Crippen LogP contribution in [0, 0.1) is 0 Å². The first kappa shape index (κ1) is 28.4. The number of amides is 1. The van der Waals surface area contributed by atoms with Gasteiger partial charge in [0.05, 0.1) is 29.4 Å². The third-order valence-electron chi connectivity index (χ3n) is 6.85. The number of carbonyl (C=O) groups is 1. The molecule has 0 saturated carbocycles. The van der Waals surface area contributed by atoms with Gasteiger partial charge in [0.1, 0.15) is 18.1 Å². The molecule has 1 fully saturated rings. The molecule has 0 spiro atoms. The molecule has 39 heavy (non-hydrogen) atoms. The van der Waals surface area contributed by atoms with Crippen LogP contribution in [0.4, 0.5) is 16.3 Å². The topological polar surface area (TPSA) is 88.9 Å². The van der Waals surface area contributed by atoms with Gasteiger partial charge in [-0.25, -0.2) is 9.78 Å². The molecule has 1 aliphatic rings. The van der Waals surface area contributed by atoms with Gasteiger partial charge in [-0.2, -0.15) is 0 Å². The molecule has 1 aliphatic heterocycles. The summed E-state index contributed by atoms with van der Waals surface area (Å²) >= 11 is 6.57. The Bertz CT molecular complexity index is 1360. The summed E-state index contributed by atoms with van der Waals surface area (Å²) in [5.41, 5.74) is 3.20. The van der Waals surface area contributed by atoms with Crippen LogP contribution in [0.1, 0.15) is 25.1 Å². The lowest BCUT2D eigenvalue weighted by atomic mass is 10.1. The highest BCUT2D eigenvalue weighted by molar-refractivity contribution is 6.33. The summed E-state index contributed by atoms with van der Waals surface area (Å²) in [5, 5.41) is 3.93. The predicted octanol–water partition coefficient (Wildman–Crippen LogP) is 4.57. The Morgan fingerprint density at radius 1 is 1.15 bits per heavy atom. The van der Waals surface area contributed by atoms with Crippen molar-refractivity contribution in [2.45, 2.75) is 39.0 Å². The van der Waals surface area contributed by atoms with E-state index in [1.54, 1.807) is 16.5 Å². The van der Waals surface area contributed by atoms with Crippen molar-refractivity contribution < 1.29 is 14.3 Å². The van der Waals surface area contributed by atoms with E-state index in [4.69, 9.17) is 26.1 Å². The lowest BCUT2D eigenvalue weighted by Crippen LogP contribution is -2.37. The highest BCUT2D eigenvalue weighted by Crippen LogP contribution is 2.30. The summed E-state index contributed by atoms with van der Waals surface area (Å²) in [6.07, 6.45) is -0.0837. The highest BCUT2D eigenvalue weighted by Gasteiger charge is 2.37. The van der Waals surface area contributed by atoms with Crippen molar-refractivity contribution in [2.24, 2.45) is 7.05 Å². The van der Waals surface area contributed by atoms with E-state index < -0.39 is 6.09 Å². The molecule has 0 aliphatic carbocycles. The van der Waals surface area contributed by atoms with Crippen molar-refractivity contribution in [3.63, 3.8) is 0 Å². The number of nitrogens with zero attached hydrogens (tertiary/aromatic N) is 4. The smallest absolute Gasteiger partial charge is 0.410 e. The summed E-state index contributed by atoms with van der Waals surface area (Å²) in [6.45, 7) is 5.35. The van der Waals surface area contributed by atoms with Gasteiger partial charge >= 0.3 is 6.09 Å². The first-order chi connectivity index (χ1) is 18.7. The number of aryl methyl sites for hydroxylation is 1. The maximum atomic E-state index is 13.5. The molecule has 1 aromatic heterocycles. The summed E-state index contributed by atoms with van der Waals surface area (Å²) < 4.78 is 13.1. The van der Waals surface area contributed by atoms with Gasteiger partial charge in [0.2, 0.25) is 0 Å². The van der Waals surface area contributed by atoms with E-state index in [1.807, 2.05) is 81.4 Å².